The molecule has 0 aromatic heterocycles. The normalized spacial score (nSPS) is 31.0. The lowest BCUT2D eigenvalue weighted by atomic mass is 9.80. The third-order valence-electron chi connectivity index (χ3n) is 6.71. The monoisotopic (exact) mass is 386 g/mol. The van der Waals surface area contributed by atoms with E-state index in [0.29, 0.717) is 36.6 Å². The van der Waals surface area contributed by atoms with E-state index >= 15 is 0 Å². The van der Waals surface area contributed by atoms with Gasteiger partial charge in [0.1, 0.15) is 0 Å². The van der Waals surface area contributed by atoms with E-state index in [4.69, 9.17) is 14.2 Å². The predicted octanol–water partition coefficient (Wildman–Crippen LogP) is 1.82. The van der Waals surface area contributed by atoms with E-state index in [1.807, 2.05) is 18.2 Å². The Kier molecular flexibility index (Phi) is 4.53. The molecule has 7 heteroatoms. The predicted molar refractivity (Wildman–Crippen MR) is 100 cm³/mol. The Morgan fingerprint density at radius 2 is 2.04 bits per heavy atom. The topological polar surface area (TPSA) is 80.3 Å². The van der Waals surface area contributed by atoms with Crippen molar-refractivity contribution >= 4 is 5.91 Å². The number of carbonyl (C=O) groups excluding carboxylic acids is 1. The van der Waals surface area contributed by atoms with Crippen LogP contribution in [-0.2, 0) is 16.1 Å². The molecular weight excluding hydrogens is 360 g/mol. The number of fused-ring (bicyclic) bond motifs is 6. The van der Waals surface area contributed by atoms with Crippen LogP contribution in [0.3, 0.4) is 0 Å². The first-order valence-electron chi connectivity index (χ1n) is 10.0. The third-order valence-corrected chi connectivity index (χ3v) is 6.71. The Morgan fingerprint density at radius 1 is 1.25 bits per heavy atom. The number of nitrogens with zero attached hydrogens (tertiary/aromatic N) is 1. The summed E-state index contributed by atoms with van der Waals surface area (Å²) in [6.07, 6.45) is 2.49. The van der Waals surface area contributed by atoms with Crippen LogP contribution in [0.1, 0.15) is 24.8 Å². The molecule has 0 spiro atoms. The van der Waals surface area contributed by atoms with Gasteiger partial charge in [0.2, 0.25) is 19.1 Å². The number of amides is 1. The molecule has 1 aromatic rings. The molecule has 0 radical (unpaired) electrons. The van der Waals surface area contributed by atoms with E-state index in [1.54, 1.807) is 4.90 Å². The van der Waals surface area contributed by atoms with Crippen LogP contribution in [0.15, 0.2) is 30.5 Å². The van der Waals surface area contributed by atoms with Crippen molar-refractivity contribution < 1.29 is 24.1 Å². The average Bonchev–Trinajstić information content (AvgIpc) is 3.46. The second kappa shape index (κ2) is 7.06. The highest BCUT2D eigenvalue weighted by atomic mass is 16.7. The van der Waals surface area contributed by atoms with Gasteiger partial charge in [0, 0.05) is 30.6 Å². The standard InChI is InChI=1S/C21H26N2O5/c1-12-18-14-3-4-15(9-14)19(18)20(24)23(12)6-7-26-21(25)22-10-13-2-5-16-17(8-13)28-11-27-16/h2,5,8,14-15,18-19,21-22,25H,1,3-4,6-7,9-11H2. The summed E-state index contributed by atoms with van der Waals surface area (Å²) in [6.45, 7) is 5.56. The molecule has 2 aliphatic heterocycles. The van der Waals surface area contributed by atoms with Crippen molar-refractivity contribution in [3.63, 3.8) is 0 Å². The Balaban J connectivity index is 1.08. The number of benzene rings is 1. The largest absolute Gasteiger partial charge is 0.454 e. The molecule has 5 unspecified atom stereocenters. The van der Waals surface area contributed by atoms with Gasteiger partial charge in [-0.2, -0.15) is 0 Å². The van der Waals surface area contributed by atoms with Crippen LogP contribution in [0.5, 0.6) is 11.5 Å². The molecule has 5 rings (SSSR count). The van der Waals surface area contributed by atoms with Gasteiger partial charge in [-0.3, -0.25) is 10.1 Å². The van der Waals surface area contributed by atoms with Gasteiger partial charge in [0.05, 0.1) is 6.61 Å². The molecule has 28 heavy (non-hydrogen) atoms. The second-order valence-electron chi connectivity index (χ2n) is 8.16. The Morgan fingerprint density at radius 3 is 2.86 bits per heavy atom. The Labute approximate surface area is 164 Å². The van der Waals surface area contributed by atoms with Gasteiger partial charge in [-0.05, 0) is 48.8 Å². The Hall–Kier alpha value is -2.09. The number of rotatable bonds is 7. The van der Waals surface area contributed by atoms with Gasteiger partial charge in [0.25, 0.3) is 0 Å². The smallest absolute Gasteiger partial charge is 0.231 e. The van der Waals surface area contributed by atoms with Crippen molar-refractivity contribution in [3.05, 3.63) is 36.0 Å². The van der Waals surface area contributed by atoms with E-state index in [2.05, 4.69) is 11.9 Å². The molecule has 150 valence electrons. The molecule has 2 heterocycles. The maximum absolute atomic E-state index is 12.8. The molecule has 4 aliphatic rings. The SMILES string of the molecule is C=C1C2C3CCC(C3)C2C(=O)N1CCOC(O)NCc1ccc2c(c1)OCO2. The summed E-state index contributed by atoms with van der Waals surface area (Å²) in [5, 5.41) is 13.0. The molecule has 1 amide bonds. The van der Waals surface area contributed by atoms with Crippen molar-refractivity contribution in [1.29, 1.82) is 0 Å². The molecule has 5 atom stereocenters. The van der Waals surface area contributed by atoms with Crippen molar-refractivity contribution in [3.8, 4) is 11.5 Å². The third kappa shape index (κ3) is 2.98. The van der Waals surface area contributed by atoms with Gasteiger partial charge in [-0.15, -0.1) is 0 Å². The van der Waals surface area contributed by atoms with E-state index in [1.165, 1.54) is 19.3 Å². The fourth-order valence-electron chi connectivity index (χ4n) is 5.45. The zero-order valence-corrected chi connectivity index (χ0v) is 15.8. The number of nitrogens with one attached hydrogen (secondary N) is 1. The van der Waals surface area contributed by atoms with E-state index in [9.17, 15) is 9.90 Å². The maximum Gasteiger partial charge on any atom is 0.231 e. The minimum atomic E-state index is -1.10. The summed E-state index contributed by atoms with van der Waals surface area (Å²) in [6, 6.07) is 5.64. The summed E-state index contributed by atoms with van der Waals surface area (Å²) in [5.74, 6) is 3.29. The van der Waals surface area contributed by atoms with Gasteiger partial charge in [-0.1, -0.05) is 12.6 Å². The zero-order valence-electron chi connectivity index (χ0n) is 15.8. The summed E-state index contributed by atoms with van der Waals surface area (Å²) in [4.78, 5) is 14.6. The first-order chi connectivity index (χ1) is 13.6. The van der Waals surface area contributed by atoms with Crippen LogP contribution in [-0.4, -0.2) is 42.3 Å². The van der Waals surface area contributed by atoms with Gasteiger partial charge in [-0.25, -0.2) is 0 Å². The van der Waals surface area contributed by atoms with Crippen LogP contribution in [0, 0.1) is 23.7 Å². The number of allylic oxidation sites excluding steroid dienone is 1. The van der Waals surface area contributed by atoms with Crippen LogP contribution in [0.25, 0.3) is 0 Å². The molecule has 2 bridgehead atoms. The van der Waals surface area contributed by atoms with E-state index in [-0.39, 0.29) is 25.2 Å². The first kappa shape index (κ1) is 18.0. The van der Waals surface area contributed by atoms with Crippen molar-refractivity contribution in [2.75, 3.05) is 19.9 Å². The molecule has 2 saturated carbocycles. The minimum absolute atomic E-state index is 0.139. The van der Waals surface area contributed by atoms with Gasteiger partial charge >= 0.3 is 0 Å². The van der Waals surface area contributed by atoms with Crippen LogP contribution in [0.4, 0.5) is 0 Å². The van der Waals surface area contributed by atoms with Gasteiger partial charge in [0.15, 0.2) is 11.5 Å². The van der Waals surface area contributed by atoms with E-state index < -0.39 is 6.41 Å². The lowest BCUT2D eigenvalue weighted by Gasteiger charge is -2.23. The summed E-state index contributed by atoms with van der Waals surface area (Å²) in [7, 11) is 0. The summed E-state index contributed by atoms with van der Waals surface area (Å²) >= 11 is 0. The highest BCUT2D eigenvalue weighted by Crippen LogP contribution is 2.58. The fraction of sp³-hybridized carbons (Fsp3) is 0.571. The first-order valence-corrected chi connectivity index (χ1v) is 10.0. The van der Waals surface area contributed by atoms with Crippen LogP contribution >= 0.6 is 0 Å². The zero-order chi connectivity index (χ0) is 19.3. The molecule has 2 aliphatic carbocycles. The van der Waals surface area contributed by atoms with Crippen molar-refractivity contribution in [2.45, 2.75) is 32.2 Å². The molecule has 1 aromatic carbocycles. The second-order valence-corrected chi connectivity index (χ2v) is 8.16. The quantitative estimate of drug-likeness (QED) is 0.696. The van der Waals surface area contributed by atoms with Crippen molar-refractivity contribution in [1.82, 2.24) is 10.2 Å². The molecule has 2 N–H and O–H groups in total. The number of likely N-dealkylation sites (tertiary alicyclic amines) is 1. The van der Waals surface area contributed by atoms with Crippen LogP contribution in [0.2, 0.25) is 0 Å². The average molecular weight is 386 g/mol. The lowest BCUT2D eigenvalue weighted by Crippen LogP contribution is -2.36. The number of aliphatic hydroxyl groups excluding tert-OH is 1. The van der Waals surface area contributed by atoms with Crippen molar-refractivity contribution in [2.24, 2.45) is 23.7 Å². The summed E-state index contributed by atoms with van der Waals surface area (Å²) < 4.78 is 16.1. The van der Waals surface area contributed by atoms with E-state index in [0.717, 1.165) is 17.0 Å². The highest BCUT2D eigenvalue weighted by molar-refractivity contribution is 5.85. The highest BCUT2D eigenvalue weighted by Gasteiger charge is 2.57. The maximum atomic E-state index is 12.8. The number of hydrogen-bond donors (Lipinski definition) is 2. The molecule has 7 nitrogen and oxygen atoms in total. The molecule has 1 saturated heterocycles. The lowest BCUT2D eigenvalue weighted by molar-refractivity contribution is -0.138. The molecular formula is C21H26N2O5. The van der Waals surface area contributed by atoms with Gasteiger partial charge < -0.3 is 24.2 Å². The minimum Gasteiger partial charge on any atom is -0.454 e. The number of ether oxygens (including phenoxy) is 3. The summed E-state index contributed by atoms with van der Waals surface area (Å²) in [5.41, 5.74) is 1.91. The van der Waals surface area contributed by atoms with Crippen LogP contribution < -0.4 is 14.8 Å². The Bertz CT molecular complexity index is 769. The molecule has 3 fully saturated rings. The fourth-order valence-corrected chi connectivity index (χ4v) is 5.45. The number of hydrogen-bond acceptors (Lipinski definition) is 6. The number of aliphatic hydroxyl groups is 1. The number of carbonyl (C=O) groups is 1.